The summed E-state index contributed by atoms with van der Waals surface area (Å²) >= 11 is 4.21. The van der Waals surface area contributed by atoms with E-state index in [2.05, 4.69) is 55.8 Å². The highest BCUT2D eigenvalue weighted by Gasteiger charge is 2.42. The van der Waals surface area contributed by atoms with Gasteiger partial charge in [0.2, 0.25) is 0 Å². The first-order valence-corrected chi connectivity index (χ1v) is 11.5. The van der Waals surface area contributed by atoms with E-state index >= 15 is 0 Å². The molecular formula is C22H16F2I2N2O2. The van der Waals surface area contributed by atoms with Crippen LogP contribution >= 0.6 is 45.2 Å². The van der Waals surface area contributed by atoms with Gasteiger partial charge in [-0.25, -0.2) is 8.78 Å². The van der Waals surface area contributed by atoms with Crippen LogP contribution in [0.4, 0.5) is 8.78 Å². The molecule has 4 nitrogen and oxygen atoms in total. The second-order valence-corrected chi connectivity index (χ2v) is 9.29. The van der Waals surface area contributed by atoms with Gasteiger partial charge in [-0.2, -0.15) is 0 Å². The summed E-state index contributed by atoms with van der Waals surface area (Å²) in [6.07, 6.45) is 1.32. The van der Waals surface area contributed by atoms with Gasteiger partial charge in [-0.3, -0.25) is 9.59 Å². The van der Waals surface area contributed by atoms with Gasteiger partial charge in [-0.1, -0.05) is 13.8 Å². The quantitative estimate of drug-likeness (QED) is 0.482. The molecule has 2 heterocycles. The number of hydrogen-bond donors (Lipinski definition) is 2. The third-order valence-electron chi connectivity index (χ3n) is 5.25. The molecular weight excluding hydrogens is 616 g/mol. The minimum Gasteiger partial charge on any atom is -0.320 e. The van der Waals surface area contributed by atoms with Gasteiger partial charge in [-0.05, 0) is 93.4 Å². The average molecular weight is 632 g/mol. The molecule has 2 amide bonds. The SMILES string of the molecule is CCc1cc(F)c(C2=C3C(=O)NC(c4cc(I)c(CC)cc4F)=C3C(=O)N2)cc1I. The fourth-order valence-electron chi connectivity index (χ4n) is 3.69. The number of carbonyl (C=O) groups excluding carboxylic acids is 2. The molecule has 0 saturated heterocycles. The summed E-state index contributed by atoms with van der Waals surface area (Å²) in [5.74, 6) is -2.16. The van der Waals surface area contributed by atoms with Crippen molar-refractivity contribution in [3.8, 4) is 0 Å². The molecule has 30 heavy (non-hydrogen) atoms. The predicted octanol–water partition coefficient (Wildman–Crippen LogP) is 4.68. The molecule has 2 aromatic rings. The Kier molecular flexibility index (Phi) is 5.73. The number of hydrogen-bond acceptors (Lipinski definition) is 2. The minimum absolute atomic E-state index is 0.0444. The summed E-state index contributed by atoms with van der Waals surface area (Å²) in [5.41, 5.74) is 2.27. The van der Waals surface area contributed by atoms with Crippen LogP contribution in [0.25, 0.3) is 11.4 Å². The highest BCUT2D eigenvalue weighted by molar-refractivity contribution is 14.1. The van der Waals surface area contributed by atoms with Gasteiger partial charge in [0.15, 0.2) is 0 Å². The van der Waals surface area contributed by atoms with Gasteiger partial charge in [0.05, 0.1) is 22.5 Å². The molecule has 2 aliphatic rings. The fourth-order valence-corrected chi connectivity index (χ4v) is 5.38. The van der Waals surface area contributed by atoms with E-state index in [9.17, 15) is 18.4 Å². The van der Waals surface area contributed by atoms with Crippen LogP contribution in [0.5, 0.6) is 0 Å². The van der Waals surface area contributed by atoms with Gasteiger partial charge in [0.1, 0.15) is 11.6 Å². The molecule has 0 aliphatic carbocycles. The number of fused-ring (bicyclic) bond motifs is 1. The molecule has 8 heteroatoms. The topological polar surface area (TPSA) is 58.2 Å². The van der Waals surface area contributed by atoms with Crippen LogP contribution in [0, 0.1) is 18.8 Å². The number of rotatable bonds is 4. The van der Waals surface area contributed by atoms with Crippen LogP contribution in [0.2, 0.25) is 0 Å². The van der Waals surface area contributed by atoms with E-state index in [0.29, 0.717) is 12.8 Å². The maximum Gasteiger partial charge on any atom is 0.258 e. The Balaban J connectivity index is 1.92. The Morgan fingerprint density at radius 2 is 1.10 bits per heavy atom. The molecule has 0 aromatic heterocycles. The van der Waals surface area contributed by atoms with Crippen molar-refractivity contribution < 1.29 is 18.4 Å². The van der Waals surface area contributed by atoms with Crippen LogP contribution in [-0.4, -0.2) is 11.8 Å². The Morgan fingerprint density at radius 1 is 0.733 bits per heavy atom. The smallest absolute Gasteiger partial charge is 0.258 e. The normalized spacial score (nSPS) is 15.7. The summed E-state index contributed by atoms with van der Waals surface area (Å²) in [5, 5.41) is 5.24. The highest BCUT2D eigenvalue weighted by atomic mass is 127. The first-order chi connectivity index (χ1) is 14.3. The fraction of sp³-hybridized carbons (Fsp3) is 0.182. The summed E-state index contributed by atoms with van der Waals surface area (Å²) < 4.78 is 31.3. The molecule has 0 spiro atoms. The van der Waals surface area contributed by atoms with Crippen molar-refractivity contribution in [3.63, 3.8) is 0 Å². The molecule has 0 fully saturated rings. The highest BCUT2D eigenvalue weighted by Crippen LogP contribution is 2.39. The van der Waals surface area contributed by atoms with Gasteiger partial charge in [0, 0.05) is 18.3 Å². The molecule has 4 rings (SSSR count). The number of benzene rings is 2. The van der Waals surface area contributed by atoms with Crippen LogP contribution in [0.1, 0.15) is 36.1 Å². The van der Waals surface area contributed by atoms with Crippen molar-refractivity contribution in [2.75, 3.05) is 0 Å². The van der Waals surface area contributed by atoms with E-state index in [1.807, 2.05) is 13.8 Å². The zero-order chi connectivity index (χ0) is 21.7. The lowest BCUT2D eigenvalue weighted by Crippen LogP contribution is -2.22. The predicted molar refractivity (Wildman–Crippen MR) is 127 cm³/mol. The van der Waals surface area contributed by atoms with Crippen molar-refractivity contribution in [3.05, 3.63) is 76.4 Å². The third-order valence-corrected chi connectivity index (χ3v) is 7.26. The van der Waals surface area contributed by atoms with Crippen molar-refractivity contribution >= 4 is 68.4 Å². The Bertz CT molecular complexity index is 1110. The molecule has 0 bridgehead atoms. The van der Waals surface area contributed by atoms with E-state index in [4.69, 9.17) is 0 Å². The van der Waals surface area contributed by atoms with E-state index in [1.165, 1.54) is 12.1 Å². The second-order valence-electron chi connectivity index (χ2n) is 6.96. The third kappa shape index (κ3) is 3.37. The number of nitrogens with one attached hydrogen (secondary N) is 2. The minimum atomic E-state index is -0.559. The lowest BCUT2D eigenvalue weighted by atomic mass is 9.99. The van der Waals surface area contributed by atoms with Gasteiger partial charge in [-0.15, -0.1) is 0 Å². The molecule has 0 unspecified atom stereocenters. The lowest BCUT2D eigenvalue weighted by molar-refractivity contribution is -0.117. The standard InChI is InChI=1S/C22H16F2I2N2O2/c1-3-9-5-13(23)11(7-15(9)25)19-17-18(22(30)27-19)20(28-21(17)29)12-8-16(26)10(4-2)6-14(12)24/h5-8H,3-4H2,1-2H3,(H,27,30)(H,28,29). The average Bonchev–Trinajstić information content (AvgIpc) is 3.23. The van der Waals surface area contributed by atoms with Crippen molar-refractivity contribution in [1.29, 1.82) is 0 Å². The largest absolute Gasteiger partial charge is 0.320 e. The first kappa shape index (κ1) is 21.4. The zero-order valence-electron chi connectivity index (χ0n) is 16.1. The van der Waals surface area contributed by atoms with Crippen LogP contribution in [0.15, 0.2) is 35.4 Å². The summed E-state index contributed by atoms with van der Waals surface area (Å²) in [6.45, 7) is 3.85. The Morgan fingerprint density at radius 3 is 1.43 bits per heavy atom. The monoisotopic (exact) mass is 632 g/mol. The summed E-state index contributed by atoms with van der Waals surface area (Å²) in [4.78, 5) is 25.5. The van der Waals surface area contributed by atoms with Gasteiger partial charge >= 0.3 is 0 Å². The first-order valence-electron chi connectivity index (χ1n) is 9.34. The second kappa shape index (κ2) is 8.03. The lowest BCUT2D eigenvalue weighted by Gasteiger charge is -2.11. The van der Waals surface area contributed by atoms with E-state index < -0.39 is 23.4 Å². The van der Waals surface area contributed by atoms with E-state index in [1.54, 1.807) is 12.1 Å². The summed E-state index contributed by atoms with van der Waals surface area (Å²) in [6, 6.07) is 6.06. The van der Waals surface area contributed by atoms with Crippen LogP contribution in [-0.2, 0) is 22.4 Å². The van der Waals surface area contributed by atoms with Gasteiger partial charge in [0.25, 0.3) is 11.8 Å². The molecule has 2 aliphatic heterocycles. The van der Waals surface area contributed by atoms with Crippen molar-refractivity contribution in [1.82, 2.24) is 10.6 Å². The molecule has 2 aromatic carbocycles. The van der Waals surface area contributed by atoms with Gasteiger partial charge < -0.3 is 10.6 Å². The van der Waals surface area contributed by atoms with E-state index in [0.717, 1.165) is 18.3 Å². The zero-order valence-corrected chi connectivity index (χ0v) is 20.4. The number of amides is 2. The Labute approximate surface area is 199 Å². The maximum atomic E-state index is 14.8. The number of halogens is 4. The van der Waals surface area contributed by atoms with Crippen LogP contribution in [0.3, 0.4) is 0 Å². The number of carbonyl (C=O) groups is 2. The molecule has 2 N–H and O–H groups in total. The van der Waals surface area contributed by atoms with Crippen LogP contribution < -0.4 is 10.6 Å². The van der Waals surface area contributed by atoms with Crippen molar-refractivity contribution in [2.45, 2.75) is 26.7 Å². The molecule has 0 radical (unpaired) electrons. The molecule has 0 saturated carbocycles. The number of aryl methyl sites for hydroxylation is 2. The summed E-state index contributed by atoms with van der Waals surface area (Å²) in [7, 11) is 0. The molecule has 154 valence electrons. The maximum absolute atomic E-state index is 14.8. The molecule has 0 atom stereocenters. The van der Waals surface area contributed by atoms with Crippen molar-refractivity contribution in [2.24, 2.45) is 0 Å². The Hall–Kier alpha value is -1.82. The van der Waals surface area contributed by atoms with E-state index in [-0.39, 0.29) is 33.7 Å².